The van der Waals surface area contributed by atoms with Crippen LogP contribution in [0.1, 0.15) is 42.9 Å². The van der Waals surface area contributed by atoms with E-state index >= 15 is 0 Å². The standard InChI is InChI=1S/C18H25N3O3S/c22-16(20-24)13-10-18(5-6-18)11-19-15(13)17(23)21-7-3-12(4-8-21)14-2-1-9-25-14/h1-2,9,12-13,15,19,24H,3-8,10-11H2,(H,20,22)/t13-,15-/m0/s1. The molecule has 25 heavy (non-hydrogen) atoms. The van der Waals surface area contributed by atoms with Gasteiger partial charge in [0.05, 0.1) is 12.0 Å². The minimum atomic E-state index is -0.517. The number of amides is 2. The monoisotopic (exact) mass is 363 g/mol. The average Bonchev–Trinajstić information content (AvgIpc) is 3.18. The van der Waals surface area contributed by atoms with Crippen molar-refractivity contribution in [3.63, 3.8) is 0 Å². The molecule has 7 heteroatoms. The van der Waals surface area contributed by atoms with Gasteiger partial charge in [0.2, 0.25) is 11.8 Å². The molecule has 3 fully saturated rings. The predicted octanol–water partition coefficient (Wildman–Crippen LogP) is 1.72. The summed E-state index contributed by atoms with van der Waals surface area (Å²) in [5.74, 6) is -0.377. The number of piperidine rings is 2. The van der Waals surface area contributed by atoms with Crippen LogP contribution in [0.25, 0.3) is 0 Å². The zero-order valence-electron chi connectivity index (χ0n) is 14.2. The highest BCUT2D eigenvalue weighted by molar-refractivity contribution is 7.10. The Kier molecular flexibility index (Phi) is 4.56. The van der Waals surface area contributed by atoms with Crippen LogP contribution in [-0.2, 0) is 9.59 Å². The quantitative estimate of drug-likeness (QED) is 0.564. The van der Waals surface area contributed by atoms with Crippen molar-refractivity contribution in [3.8, 4) is 0 Å². The van der Waals surface area contributed by atoms with E-state index in [-0.39, 0.29) is 11.3 Å². The summed E-state index contributed by atoms with van der Waals surface area (Å²) in [6, 6.07) is 3.73. The summed E-state index contributed by atoms with van der Waals surface area (Å²) < 4.78 is 0. The number of hydrogen-bond donors (Lipinski definition) is 3. The molecule has 1 spiro atoms. The molecule has 2 saturated heterocycles. The molecule has 3 heterocycles. The number of hydroxylamine groups is 1. The fourth-order valence-corrected chi connectivity index (χ4v) is 5.27. The van der Waals surface area contributed by atoms with Crippen molar-refractivity contribution in [3.05, 3.63) is 22.4 Å². The molecule has 4 rings (SSSR count). The molecule has 1 aliphatic carbocycles. The zero-order chi connectivity index (χ0) is 17.4. The van der Waals surface area contributed by atoms with E-state index in [0.29, 0.717) is 12.3 Å². The first-order valence-electron chi connectivity index (χ1n) is 9.11. The van der Waals surface area contributed by atoms with Crippen LogP contribution in [0.3, 0.4) is 0 Å². The molecule has 1 aromatic heterocycles. The van der Waals surface area contributed by atoms with E-state index in [9.17, 15) is 9.59 Å². The van der Waals surface area contributed by atoms with Gasteiger partial charge in [0.1, 0.15) is 0 Å². The second kappa shape index (κ2) is 6.70. The average molecular weight is 363 g/mol. The van der Waals surface area contributed by atoms with Crippen molar-refractivity contribution in [1.29, 1.82) is 0 Å². The van der Waals surface area contributed by atoms with E-state index in [1.165, 1.54) is 4.88 Å². The largest absolute Gasteiger partial charge is 0.341 e. The van der Waals surface area contributed by atoms with Gasteiger partial charge in [-0.15, -0.1) is 11.3 Å². The summed E-state index contributed by atoms with van der Waals surface area (Å²) in [7, 11) is 0. The van der Waals surface area contributed by atoms with Crippen molar-refractivity contribution < 1.29 is 14.8 Å². The van der Waals surface area contributed by atoms with Gasteiger partial charge in [0.15, 0.2) is 0 Å². The van der Waals surface area contributed by atoms with E-state index < -0.39 is 17.9 Å². The highest BCUT2D eigenvalue weighted by Crippen LogP contribution is 2.52. The highest BCUT2D eigenvalue weighted by Gasteiger charge is 2.52. The summed E-state index contributed by atoms with van der Waals surface area (Å²) in [4.78, 5) is 28.4. The molecule has 1 saturated carbocycles. The Morgan fingerprint density at radius 3 is 2.68 bits per heavy atom. The van der Waals surface area contributed by atoms with Gasteiger partial charge >= 0.3 is 0 Å². The third-order valence-electron chi connectivity index (χ3n) is 6.17. The minimum absolute atomic E-state index is 0.00808. The Hall–Kier alpha value is -1.44. The number of rotatable bonds is 3. The maximum absolute atomic E-state index is 13.0. The summed E-state index contributed by atoms with van der Waals surface area (Å²) in [5.41, 5.74) is 1.93. The Morgan fingerprint density at radius 2 is 2.08 bits per heavy atom. The van der Waals surface area contributed by atoms with Gasteiger partial charge in [0.25, 0.3) is 0 Å². The molecular formula is C18H25N3O3S. The van der Waals surface area contributed by atoms with Crippen LogP contribution >= 0.6 is 11.3 Å². The fourth-order valence-electron chi connectivity index (χ4n) is 4.37. The van der Waals surface area contributed by atoms with E-state index in [4.69, 9.17) is 5.21 Å². The Bertz CT molecular complexity index is 636. The molecule has 0 aromatic carbocycles. The molecule has 0 unspecified atom stereocenters. The number of nitrogens with zero attached hydrogens (tertiary/aromatic N) is 1. The minimum Gasteiger partial charge on any atom is -0.341 e. The molecular weight excluding hydrogens is 338 g/mol. The molecule has 2 aliphatic heterocycles. The predicted molar refractivity (Wildman–Crippen MR) is 94.4 cm³/mol. The van der Waals surface area contributed by atoms with Crippen molar-refractivity contribution in [2.75, 3.05) is 19.6 Å². The van der Waals surface area contributed by atoms with Crippen LogP contribution in [0.15, 0.2) is 17.5 Å². The fraction of sp³-hybridized carbons (Fsp3) is 0.667. The van der Waals surface area contributed by atoms with Crippen LogP contribution in [0.5, 0.6) is 0 Å². The van der Waals surface area contributed by atoms with Gasteiger partial charge in [-0.1, -0.05) is 6.07 Å². The zero-order valence-corrected chi connectivity index (χ0v) is 15.1. The number of likely N-dealkylation sites (tertiary alicyclic amines) is 1. The molecule has 2 atom stereocenters. The molecule has 0 radical (unpaired) electrons. The lowest BCUT2D eigenvalue weighted by molar-refractivity contribution is -0.145. The van der Waals surface area contributed by atoms with Gasteiger partial charge in [-0.2, -0.15) is 0 Å². The normalized spacial score (nSPS) is 28.8. The van der Waals surface area contributed by atoms with Gasteiger partial charge < -0.3 is 10.2 Å². The van der Waals surface area contributed by atoms with Crippen LogP contribution < -0.4 is 10.8 Å². The van der Waals surface area contributed by atoms with Gasteiger partial charge in [-0.3, -0.25) is 14.8 Å². The van der Waals surface area contributed by atoms with Crippen molar-refractivity contribution in [1.82, 2.24) is 15.7 Å². The Morgan fingerprint density at radius 1 is 1.32 bits per heavy atom. The lowest BCUT2D eigenvalue weighted by atomic mass is 9.81. The maximum atomic E-state index is 13.0. The summed E-state index contributed by atoms with van der Waals surface area (Å²) in [6.45, 7) is 2.26. The molecule has 1 aromatic rings. The summed E-state index contributed by atoms with van der Waals surface area (Å²) in [6.07, 6.45) is 4.83. The molecule has 3 aliphatic rings. The topological polar surface area (TPSA) is 81.7 Å². The summed E-state index contributed by atoms with van der Waals surface area (Å²) in [5, 5.41) is 14.5. The van der Waals surface area contributed by atoms with Gasteiger partial charge in [-0.05, 0) is 54.9 Å². The number of nitrogens with one attached hydrogen (secondary N) is 2. The van der Waals surface area contributed by atoms with Crippen LogP contribution in [0.4, 0.5) is 0 Å². The highest BCUT2D eigenvalue weighted by atomic mass is 32.1. The van der Waals surface area contributed by atoms with Gasteiger partial charge in [0, 0.05) is 24.5 Å². The third-order valence-corrected chi connectivity index (χ3v) is 7.21. The molecule has 6 nitrogen and oxygen atoms in total. The van der Waals surface area contributed by atoms with E-state index in [2.05, 4.69) is 22.8 Å². The molecule has 0 bridgehead atoms. The number of carbonyl (C=O) groups excluding carboxylic acids is 2. The van der Waals surface area contributed by atoms with Crippen LogP contribution in [0.2, 0.25) is 0 Å². The van der Waals surface area contributed by atoms with Crippen LogP contribution in [0, 0.1) is 11.3 Å². The Labute approximate surface area is 151 Å². The molecule has 3 N–H and O–H groups in total. The van der Waals surface area contributed by atoms with Crippen LogP contribution in [-0.4, -0.2) is 47.6 Å². The maximum Gasteiger partial charge on any atom is 0.248 e. The van der Waals surface area contributed by atoms with Gasteiger partial charge in [-0.25, -0.2) is 5.48 Å². The molecule has 136 valence electrons. The number of hydrogen-bond acceptors (Lipinski definition) is 5. The SMILES string of the molecule is O=C(NO)[C@H]1CC2(CC2)CN[C@@H]1C(=O)N1CCC(c2cccs2)CC1. The smallest absolute Gasteiger partial charge is 0.248 e. The summed E-state index contributed by atoms with van der Waals surface area (Å²) >= 11 is 1.78. The molecule has 2 amide bonds. The van der Waals surface area contributed by atoms with Crippen molar-refractivity contribution in [2.45, 2.75) is 44.1 Å². The van der Waals surface area contributed by atoms with E-state index in [0.717, 1.165) is 45.3 Å². The number of thiophene rings is 1. The van der Waals surface area contributed by atoms with Crippen molar-refractivity contribution >= 4 is 23.2 Å². The number of carbonyl (C=O) groups is 2. The second-order valence-electron chi connectivity index (χ2n) is 7.76. The first-order valence-corrected chi connectivity index (χ1v) is 9.99. The first-order chi connectivity index (χ1) is 12.1. The van der Waals surface area contributed by atoms with Crippen molar-refractivity contribution in [2.24, 2.45) is 11.3 Å². The van der Waals surface area contributed by atoms with E-state index in [1.54, 1.807) is 16.8 Å². The Balaban J connectivity index is 1.40. The van der Waals surface area contributed by atoms with E-state index in [1.807, 2.05) is 4.90 Å². The second-order valence-corrected chi connectivity index (χ2v) is 8.74. The lowest BCUT2D eigenvalue weighted by Gasteiger charge is -2.40. The lowest BCUT2D eigenvalue weighted by Crippen LogP contribution is -2.59. The third kappa shape index (κ3) is 3.32. The first kappa shape index (κ1) is 17.0.